The Labute approximate surface area is 150 Å². The van der Waals surface area contributed by atoms with Gasteiger partial charge in [0.05, 0.1) is 30.7 Å². The first-order valence-electron chi connectivity index (χ1n) is 8.58. The molecular weight excluding hydrogens is 334 g/mol. The molecule has 0 aliphatic carbocycles. The van der Waals surface area contributed by atoms with Gasteiger partial charge in [0.2, 0.25) is 0 Å². The molecule has 1 aliphatic heterocycles. The summed E-state index contributed by atoms with van der Waals surface area (Å²) < 4.78 is 8.93. The highest BCUT2D eigenvalue weighted by atomic mass is 32.1. The van der Waals surface area contributed by atoms with Crippen LogP contribution in [0, 0.1) is 5.92 Å². The molecule has 0 N–H and O–H groups in total. The van der Waals surface area contributed by atoms with Gasteiger partial charge in [0.1, 0.15) is 0 Å². The third-order valence-corrected chi connectivity index (χ3v) is 5.60. The lowest BCUT2D eigenvalue weighted by molar-refractivity contribution is 0.0621. The van der Waals surface area contributed by atoms with Crippen molar-refractivity contribution in [3.63, 3.8) is 0 Å². The van der Waals surface area contributed by atoms with Gasteiger partial charge in [0, 0.05) is 47.3 Å². The minimum absolute atomic E-state index is 0.0913. The summed E-state index contributed by atoms with van der Waals surface area (Å²) in [6.07, 6.45) is 3.71. The summed E-state index contributed by atoms with van der Waals surface area (Å²) in [6, 6.07) is 8.09. The maximum atomic E-state index is 13.2. The van der Waals surface area contributed by atoms with Crippen molar-refractivity contribution >= 4 is 27.3 Å². The van der Waals surface area contributed by atoms with Crippen molar-refractivity contribution in [3.05, 3.63) is 53.4 Å². The fraction of sp³-hybridized carbons (Fsp3) is 0.368. The Kier molecular flexibility index (Phi) is 4.55. The first-order chi connectivity index (χ1) is 12.3. The van der Waals surface area contributed by atoms with Gasteiger partial charge in [-0.15, -0.1) is 11.3 Å². The molecule has 3 aromatic rings. The van der Waals surface area contributed by atoms with E-state index in [9.17, 15) is 4.79 Å². The van der Waals surface area contributed by atoms with Gasteiger partial charge >= 0.3 is 0 Å². The van der Waals surface area contributed by atoms with Gasteiger partial charge in [0.15, 0.2) is 0 Å². The fourth-order valence-corrected chi connectivity index (χ4v) is 4.34. The minimum Gasteiger partial charge on any atom is -0.381 e. The molecule has 0 fully saturated rings. The summed E-state index contributed by atoms with van der Waals surface area (Å²) in [5.74, 6) is 0.359. The predicted molar refractivity (Wildman–Crippen MR) is 98.8 cm³/mol. The lowest BCUT2D eigenvalue weighted by Crippen LogP contribution is -2.35. The van der Waals surface area contributed by atoms with E-state index < -0.39 is 0 Å². The molecule has 25 heavy (non-hydrogen) atoms. The molecule has 1 amide bonds. The number of amides is 1. The zero-order chi connectivity index (χ0) is 17.2. The Bertz CT molecular complexity index is 886. The highest BCUT2D eigenvalue weighted by Gasteiger charge is 2.27. The Morgan fingerprint density at radius 1 is 1.36 bits per heavy atom. The Morgan fingerprint density at radius 3 is 3.12 bits per heavy atom. The normalized spacial score (nSPS) is 17.5. The molecular formula is C19H21N3O2S. The Balaban J connectivity index is 1.64. The molecule has 6 heteroatoms. The van der Waals surface area contributed by atoms with E-state index in [-0.39, 0.29) is 11.8 Å². The van der Waals surface area contributed by atoms with Gasteiger partial charge in [-0.3, -0.25) is 4.79 Å². The van der Waals surface area contributed by atoms with Gasteiger partial charge in [-0.1, -0.05) is 18.2 Å². The van der Waals surface area contributed by atoms with Crippen molar-refractivity contribution in [2.45, 2.75) is 20.0 Å². The van der Waals surface area contributed by atoms with Crippen LogP contribution in [0.3, 0.4) is 0 Å². The van der Waals surface area contributed by atoms with E-state index in [0.717, 1.165) is 27.9 Å². The predicted octanol–water partition coefficient (Wildman–Crippen LogP) is 3.41. The smallest absolute Gasteiger partial charge is 0.255 e. The highest BCUT2D eigenvalue weighted by molar-refractivity contribution is 7.17. The lowest BCUT2D eigenvalue weighted by atomic mass is 10.1. The molecule has 1 atom stereocenters. The Morgan fingerprint density at radius 2 is 2.24 bits per heavy atom. The van der Waals surface area contributed by atoms with Crippen molar-refractivity contribution in [1.82, 2.24) is 14.5 Å². The second-order valence-electron chi connectivity index (χ2n) is 6.39. The van der Waals surface area contributed by atoms with Crippen molar-refractivity contribution in [2.75, 3.05) is 19.8 Å². The zero-order valence-corrected chi connectivity index (χ0v) is 15.0. The summed E-state index contributed by atoms with van der Waals surface area (Å²) in [6.45, 7) is 5.47. The number of nitrogens with zero attached hydrogens (tertiary/aromatic N) is 3. The standard InChI is InChI=1S/C19H21N3O2S/c1-2-24-11-14-8-21(10-15-7-20-13-22(15)9-14)19(23)17-12-25-18-6-4-3-5-16(17)18/h3-7,12-14H,2,8-11H2,1H3/t14-/m1/s1. The van der Waals surface area contributed by atoms with E-state index in [2.05, 4.69) is 15.6 Å². The van der Waals surface area contributed by atoms with Crippen LogP contribution in [0.5, 0.6) is 0 Å². The summed E-state index contributed by atoms with van der Waals surface area (Å²) in [7, 11) is 0. The molecule has 130 valence electrons. The number of rotatable bonds is 4. The fourth-order valence-electron chi connectivity index (χ4n) is 3.41. The molecule has 0 bridgehead atoms. The average molecular weight is 355 g/mol. The van der Waals surface area contributed by atoms with Crippen LogP contribution < -0.4 is 0 Å². The van der Waals surface area contributed by atoms with E-state index in [1.165, 1.54) is 0 Å². The largest absolute Gasteiger partial charge is 0.381 e. The number of benzene rings is 1. The number of thiophene rings is 1. The summed E-state index contributed by atoms with van der Waals surface area (Å²) >= 11 is 1.62. The highest BCUT2D eigenvalue weighted by Crippen LogP contribution is 2.28. The number of hydrogen-bond acceptors (Lipinski definition) is 4. The van der Waals surface area contributed by atoms with E-state index >= 15 is 0 Å². The van der Waals surface area contributed by atoms with Crippen LogP contribution in [0.1, 0.15) is 23.0 Å². The molecule has 5 nitrogen and oxygen atoms in total. The van der Waals surface area contributed by atoms with Crippen LogP contribution >= 0.6 is 11.3 Å². The first-order valence-corrected chi connectivity index (χ1v) is 9.46. The van der Waals surface area contributed by atoms with Crippen molar-refractivity contribution < 1.29 is 9.53 Å². The number of carbonyl (C=O) groups excluding carboxylic acids is 1. The van der Waals surface area contributed by atoms with Gasteiger partial charge < -0.3 is 14.2 Å². The average Bonchev–Trinajstić information content (AvgIpc) is 3.21. The summed E-state index contributed by atoms with van der Waals surface area (Å²) in [5, 5.41) is 3.02. The summed E-state index contributed by atoms with van der Waals surface area (Å²) in [4.78, 5) is 19.4. The summed E-state index contributed by atoms with van der Waals surface area (Å²) in [5.41, 5.74) is 1.87. The van der Waals surface area contributed by atoms with Crippen molar-refractivity contribution in [3.8, 4) is 0 Å². The van der Waals surface area contributed by atoms with E-state index in [1.807, 2.05) is 47.9 Å². The molecule has 2 aromatic heterocycles. The monoisotopic (exact) mass is 355 g/mol. The van der Waals surface area contributed by atoms with Crippen LogP contribution in [0.2, 0.25) is 0 Å². The molecule has 0 saturated carbocycles. The van der Waals surface area contributed by atoms with Crippen molar-refractivity contribution in [1.29, 1.82) is 0 Å². The quantitative estimate of drug-likeness (QED) is 0.721. The van der Waals surface area contributed by atoms with Crippen LogP contribution in [0.4, 0.5) is 0 Å². The van der Waals surface area contributed by atoms with Gasteiger partial charge in [-0.25, -0.2) is 4.98 Å². The number of ether oxygens (including phenoxy) is 1. The van der Waals surface area contributed by atoms with Gasteiger partial charge in [0.25, 0.3) is 5.91 Å². The molecule has 4 rings (SSSR count). The number of imidazole rings is 1. The van der Waals surface area contributed by atoms with E-state index in [1.54, 1.807) is 11.3 Å². The molecule has 3 heterocycles. The Hall–Kier alpha value is -2.18. The molecule has 0 spiro atoms. The van der Waals surface area contributed by atoms with Crippen molar-refractivity contribution in [2.24, 2.45) is 5.92 Å². The lowest BCUT2D eigenvalue weighted by Gasteiger charge is -2.24. The number of hydrogen-bond donors (Lipinski definition) is 0. The van der Waals surface area contributed by atoms with Gasteiger partial charge in [-0.05, 0) is 13.0 Å². The second-order valence-corrected chi connectivity index (χ2v) is 7.31. The number of fused-ring (bicyclic) bond motifs is 2. The van der Waals surface area contributed by atoms with Crippen LogP contribution in [0.15, 0.2) is 42.2 Å². The number of carbonyl (C=O) groups is 1. The van der Waals surface area contributed by atoms with Crippen LogP contribution in [-0.2, 0) is 17.8 Å². The number of aromatic nitrogens is 2. The third-order valence-electron chi connectivity index (χ3n) is 4.64. The van der Waals surface area contributed by atoms with E-state index in [4.69, 9.17) is 4.74 Å². The van der Waals surface area contributed by atoms with Crippen LogP contribution in [0.25, 0.3) is 10.1 Å². The second kappa shape index (κ2) is 6.98. The van der Waals surface area contributed by atoms with Crippen LogP contribution in [-0.4, -0.2) is 40.1 Å². The van der Waals surface area contributed by atoms with E-state index in [0.29, 0.717) is 26.3 Å². The molecule has 1 aromatic carbocycles. The maximum absolute atomic E-state index is 13.2. The molecule has 0 saturated heterocycles. The van der Waals surface area contributed by atoms with Gasteiger partial charge in [-0.2, -0.15) is 0 Å². The molecule has 0 unspecified atom stereocenters. The topological polar surface area (TPSA) is 47.4 Å². The maximum Gasteiger partial charge on any atom is 0.255 e. The first kappa shape index (κ1) is 16.3. The third kappa shape index (κ3) is 3.19. The minimum atomic E-state index is 0.0913. The SMILES string of the molecule is CCOC[C@@H]1CN(C(=O)c2csc3ccccc23)Cc2cncn2C1. The molecule has 1 aliphatic rings. The molecule has 0 radical (unpaired) electrons. The zero-order valence-electron chi connectivity index (χ0n) is 14.2.